The summed E-state index contributed by atoms with van der Waals surface area (Å²) in [5, 5.41) is 18.0. The van der Waals surface area contributed by atoms with Gasteiger partial charge in [-0.15, -0.1) is 0 Å². The molecule has 466 valence electrons. The summed E-state index contributed by atoms with van der Waals surface area (Å²) in [6.45, 7) is 8.23. The molecule has 0 spiro atoms. The van der Waals surface area contributed by atoms with Crippen molar-refractivity contribution in [1.82, 2.24) is 0 Å². The van der Waals surface area contributed by atoms with E-state index in [1.807, 2.05) is 25.7 Å². The van der Waals surface area contributed by atoms with E-state index in [2.05, 4.69) is 5.69 Å². The van der Waals surface area contributed by atoms with E-state index >= 15 is 0 Å². The molecular weight excluding hydrogens is 1370 g/mol. The Morgan fingerprint density at radius 3 is 0.956 bits per heavy atom. The van der Waals surface area contributed by atoms with Gasteiger partial charge in [-0.2, -0.15) is 5.26 Å². The Morgan fingerprint density at radius 1 is 0.422 bits per heavy atom. The van der Waals surface area contributed by atoms with Gasteiger partial charge in [-0.3, -0.25) is 0 Å². The van der Waals surface area contributed by atoms with E-state index in [0.29, 0.717) is 11.1 Å². The van der Waals surface area contributed by atoms with Crippen LogP contribution in [0.25, 0.3) is 0 Å². The third kappa shape index (κ3) is 21.3. The number of nitriles is 2. The summed E-state index contributed by atoms with van der Waals surface area (Å²) in [5.74, 6) is -4.96. The Kier molecular flexibility index (Phi) is 26.5. The number of carbonyl (C=O) groups is 7. The van der Waals surface area contributed by atoms with E-state index in [1.54, 1.807) is 212 Å². The van der Waals surface area contributed by atoms with Crippen LogP contribution in [-0.2, 0) is 42.6 Å². The van der Waals surface area contributed by atoms with Crippen LogP contribution in [0.2, 0.25) is 19.6 Å². The molecule has 90 heavy (non-hydrogen) atoms. The molecule has 2 aliphatic heterocycles. The molecule has 9 rings (SSSR count). The number of ether oxygens (including phenoxy) is 9. The van der Waals surface area contributed by atoms with Gasteiger partial charge in [-0.1, -0.05) is 147 Å². The molecule has 8 atom stereocenters. The first kappa shape index (κ1) is 71.0. The predicted molar refractivity (Wildman–Crippen MR) is 338 cm³/mol. The van der Waals surface area contributed by atoms with Gasteiger partial charge in [-0.05, 0) is 98.8 Å². The topological polar surface area (TPSA) is 250 Å². The molecule has 24 heteroatoms. The van der Waals surface area contributed by atoms with E-state index in [1.165, 1.54) is 13.8 Å². The van der Waals surface area contributed by atoms with Crippen LogP contribution in [0.1, 0.15) is 86.4 Å². The first-order valence-electron chi connectivity index (χ1n) is 27.5. The number of hydrogen-bond acceptors (Lipinski definition) is 18. The van der Waals surface area contributed by atoms with Crippen LogP contribution in [0, 0.1) is 22.3 Å². The van der Waals surface area contributed by atoms with Crippen LogP contribution in [0.3, 0.4) is 0 Å². The molecule has 2 saturated heterocycles. The second kappa shape index (κ2) is 33.6. The first-order valence-corrected chi connectivity index (χ1v) is 45.5. The summed E-state index contributed by atoms with van der Waals surface area (Å²) in [7, 11) is 18.8. The van der Waals surface area contributed by atoms with Gasteiger partial charge >= 0.3 is 91.3 Å². The molecule has 2 fully saturated rings. The Hall–Kier alpha value is -8.09. The molecule has 0 unspecified atom stereocenters. The predicted octanol–water partition coefficient (Wildman–Crippen LogP) is 13.0. The second-order valence-corrected chi connectivity index (χ2v) is 51.1. The molecule has 2 heterocycles. The Balaban J connectivity index is 0.000000248. The monoisotopic (exact) mass is 1420 g/mol. The van der Waals surface area contributed by atoms with Gasteiger partial charge in [0.05, 0.1) is 45.0 Å². The fraction of sp³-hybridized carbons (Fsp3) is 0.227. The minimum atomic E-state index is -3.29. The number of esters is 7. The van der Waals surface area contributed by atoms with Crippen molar-refractivity contribution in [2.75, 3.05) is 13.2 Å². The Bertz CT molecular complexity index is 3600. The van der Waals surface area contributed by atoms with Crippen molar-refractivity contribution in [2.24, 2.45) is 0 Å². The van der Waals surface area contributed by atoms with Gasteiger partial charge in [0.15, 0.2) is 32.0 Å². The molecule has 7 aromatic carbocycles. The maximum absolute atomic E-state index is 13.3. The molecule has 0 saturated carbocycles. The van der Waals surface area contributed by atoms with Crippen molar-refractivity contribution in [3.63, 3.8) is 0 Å². The summed E-state index contributed by atoms with van der Waals surface area (Å²) >= 11 is -3.29. The van der Waals surface area contributed by atoms with E-state index in [9.17, 15) is 38.8 Å². The fourth-order valence-electron chi connectivity index (χ4n) is 8.48. The van der Waals surface area contributed by atoms with Gasteiger partial charge in [-0.25, -0.2) is 38.8 Å². The zero-order valence-corrected chi connectivity index (χ0v) is 55.9. The quantitative estimate of drug-likeness (QED) is 0.0495. The van der Waals surface area contributed by atoms with Gasteiger partial charge in [0.25, 0.3) is 0 Å². The van der Waals surface area contributed by atoms with Crippen LogP contribution >= 0.6 is 35.7 Å². The number of rotatable bonds is 16. The zero-order chi connectivity index (χ0) is 65.5. The van der Waals surface area contributed by atoms with E-state index in [4.69, 9.17) is 83.6 Å². The van der Waals surface area contributed by atoms with Crippen LogP contribution < -0.4 is 0 Å². The third-order valence-corrected chi connectivity index (χ3v) is 13.7. The summed E-state index contributed by atoms with van der Waals surface area (Å²) in [6, 6.07) is 59.6. The molecule has 0 N–H and O–H groups in total. The molecule has 0 radical (unpaired) electrons. The Morgan fingerprint density at radius 2 is 0.667 bits per heavy atom. The molecule has 0 aromatic heterocycles. The molecular formula is C66H60Cl4N2O16SiSn. The third-order valence-electron chi connectivity index (χ3n) is 13.0. The van der Waals surface area contributed by atoms with Crippen molar-refractivity contribution in [2.45, 2.75) is 81.5 Å². The van der Waals surface area contributed by atoms with Crippen LogP contribution in [0.5, 0.6) is 0 Å². The maximum atomic E-state index is 13.3. The van der Waals surface area contributed by atoms with Gasteiger partial charge in [0, 0.05) is 5.69 Å². The van der Waals surface area contributed by atoms with Gasteiger partial charge < -0.3 is 42.6 Å². The second-order valence-electron chi connectivity index (χ2n) is 20.9. The van der Waals surface area contributed by atoms with Crippen LogP contribution in [0.4, 0.5) is 0 Å². The molecule has 2 aliphatic rings. The number of halogens is 4. The number of nitrogens with zero attached hydrogens (tertiary/aromatic N) is 2. The zero-order valence-electron chi connectivity index (χ0n) is 49.0. The first-order chi connectivity index (χ1) is 42.8. The number of benzene rings is 7. The molecule has 7 aromatic rings. The van der Waals surface area contributed by atoms with Gasteiger partial charge in [0.2, 0.25) is 11.9 Å². The summed E-state index contributed by atoms with van der Waals surface area (Å²) in [5.41, 5.74) is 0.492. The van der Waals surface area contributed by atoms with Crippen molar-refractivity contribution in [1.29, 1.82) is 10.5 Å². The van der Waals surface area contributed by atoms with Crippen molar-refractivity contribution in [3.05, 3.63) is 251 Å². The summed E-state index contributed by atoms with van der Waals surface area (Å²) < 4.78 is 51.9. The van der Waals surface area contributed by atoms with Gasteiger partial charge in [0.1, 0.15) is 25.4 Å². The van der Waals surface area contributed by atoms with Crippen molar-refractivity contribution >= 4 is 99.4 Å². The fourth-order valence-corrected chi connectivity index (χ4v) is 8.48. The molecule has 0 bridgehead atoms. The average Bonchev–Trinajstić information content (AvgIpc) is 1.62. The van der Waals surface area contributed by atoms with Crippen LogP contribution in [-0.4, -0.2) is 125 Å². The number of hydrogen-bond donors (Lipinski definition) is 0. The SMILES string of the molecule is C[C@]1(OC(=O)c2ccccc2)[C@H](C#N)O[C@H](COC(=O)c2ccccc2)[C@H]1OC(=O)c1ccccc1.C[C@]1(OC(=O)c2ccccc2)[C@H](OC(=O)c2ccccc2)O[C@H](COC(=O)c2ccccc2)[C@H]1OC(=O)c1ccccc1.C[Si](C)(C)C#N.[Cl][Sn]([Cl])([Cl])[Cl]. The van der Waals surface area contributed by atoms with Crippen molar-refractivity contribution in [3.8, 4) is 11.8 Å². The summed E-state index contributed by atoms with van der Waals surface area (Å²) in [6.07, 6.45) is -7.68. The van der Waals surface area contributed by atoms with E-state index in [0.717, 1.165) is 0 Å². The molecule has 18 nitrogen and oxygen atoms in total. The van der Waals surface area contributed by atoms with E-state index in [-0.39, 0.29) is 34.4 Å². The standard InChI is InChI=1S/C34H28O9.C28H23NO7.C4H9NSi.4ClH.Sn/c1-34(43-32(38)26-20-12-5-13-21-26)28(41-30(36)24-16-8-3-9-17-24)27(22-39-29(35)23-14-6-2-7-15-23)40-33(34)42-31(37)25-18-10-4-11-19-25;1-28(36-27(32)21-15-9-4-10-16-21)23(17-29)34-22(18-33-25(30)19-11-5-2-6-12-19)24(28)35-26(31)20-13-7-3-8-14-20;1-6(2,3)4-5;;;;;/h2-21,27-28,33H,22H2,1H3;2-16,22-24H,18H2,1H3;1-3H3;4*1H;/q;;;;;;;+4/p-4/t27-,28-,33+,34-;22-,23+,24-,28+;;;;;;/m11....../s1. The number of carbonyl (C=O) groups excluding carboxylic acids is 7. The Labute approximate surface area is 540 Å². The minimum absolute atomic E-state index is 0.212. The normalized spacial score (nSPS) is 20.4. The van der Waals surface area contributed by atoms with E-state index < -0.39 is 118 Å². The average molecular weight is 1430 g/mol. The van der Waals surface area contributed by atoms with Crippen LogP contribution in [0.15, 0.2) is 212 Å². The summed E-state index contributed by atoms with van der Waals surface area (Å²) in [4.78, 5) is 90.8. The van der Waals surface area contributed by atoms with Crippen molar-refractivity contribution < 1.29 is 76.2 Å². The molecule has 0 amide bonds. The molecule has 0 aliphatic carbocycles.